The lowest BCUT2D eigenvalue weighted by Gasteiger charge is -2.27. The van der Waals surface area contributed by atoms with Crippen LogP contribution in [0, 0.1) is 0 Å². The number of benzene rings is 1. The Hall–Kier alpha value is -1.75. The van der Waals surface area contributed by atoms with Crippen molar-refractivity contribution in [2.75, 3.05) is 40.5 Å². The number of hydrogen-bond acceptors (Lipinski definition) is 4. The van der Waals surface area contributed by atoms with E-state index in [0.29, 0.717) is 39.1 Å². The predicted molar refractivity (Wildman–Crippen MR) is 75.3 cm³/mol. The van der Waals surface area contributed by atoms with Gasteiger partial charge in [0.25, 0.3) is 0 Å². The minimum absolute atomic E-state index is 0.165. The summed E-state index contributed by atoms with van der Waals surface area (Å²) in [5.41, 5.74) is 0.994. The summed E-state index contributed by atoms with van der Waals surface area (Å²) in [4.78, 5) is 14.0. The Bertz CT molecular complexity index is 455. The third kappa shape index (κ3) is 3.63. The lowest BCUT2D eigenvalue weighted by molar-refractivity contribution is -0.135. The Balaban J connectivity index is 1.96. The number of amides is 1. The molecule has 1 saturated heterocycles. The van der Waals surface area contributed by atoms with Gasteiger partial charge in [-0.1, -0.05) is 0 Å². The summed E-state index contributed by atoms with van der Waals surface area (Å²) in [5.74, 6) is 1.73. The van der Waals surface area contributed by atoms with Gasteiger partial charge >= 0.3 is 0 Å². The number of ether oxygens (including phenoxy) is 3. The summed E-state index contributed by atoms with van der Waals surface area (Å²) in [6.45, 7) is 2.64. The number of aryl methyl sites for hydroxylation is 1. The van der Waals surface area contributed by atoms with E-state index in [1.807, 2.05) is 23.1 Å². The summed E-state index contributed by atoms with van der Waals surface area (Å²) in [6.07, 6.45) is 1.13. The molecular weight excluding hydrogens is 258 g/mol. The van der Waals surface area contributed by atoms with Crippen LogP contribution in [0.15, 0.2) is 18.2 Å². The predicted octanol–water partition coefficient (Wildman–Crippen LogP) is 1.50. The number of methoxy groups -OCH3 is 2. The molecule has 1 heterocycles. The van der Waals surface area contributed by atoms with Crippen LogP contribution in [0.4, 0.5) is 0 Å². The Kier molecular flexibility index (Phi) is 5.24. The summed E-state index contributed by atoms with van der Waals surface area (Å²) >= 11 is 0. The summed E-state index contributed by atoms with van der Waals surface area (Å²) < 4.78 is 15.8. The number of carbonyl (C=O) groups is 1. The van der Waals surface area contributed by atoms with E-state index in [2.05, 4.69) is 0 Å². The Morgan fingerprint density at radius 2 is 2.00 bits per heavy atom. The SMILES string of the molecule is COc1ccc(OC)c(CCC(=O)N2CCOCC2)c1. The lowest BCUT2D eigenvalue weighted by Crippen LogP contribution is -2.40. The first-order chi connectivity index (χ1) is 9.74. The molecule has 5 nitrogen and oxygen atoms in total. The van der Waals surface area contributed by atoms with E-state index in [1.165, 1.54) is 0 Å². The van der Waals surface area contributed by atoms with Crippen LogP contribution in [0.2, 0.25) is 0 Å². The fourth-order valence-electron chi connectivity index (χ4n) is 2.29. The standard InChI is InChI=1S/C15H21NO4/c1-18-13-4-5-14(19-2)12(11-13)3-6-15(17)16-7-9-20-10-8-16/h4-5,11H,3,6-10H2,1-2H3. The van der Waals surface area contributed by atoms with Crippen LogP contribution in [0.5, 0.6) is 11.5 Å². The van der Waals surface area contributed by atoms with Gasteiger partial charge < -0.3 is 19.1 Å². The molecule has 110 valence electrons. The molecule has 0 unspecified atom stereocenters. The van der Waals surface area contributed by atoms with Crippen molar-refractivity contribution >= 4 is 5.91 Å². The summed E-state index contributed by atoms with van der Waals surface area (Å²) in [7, 11) is 3.26. The van der Waals surface area contributed by atoms with Crippen molar-refractivity contribution in [2.45, 2.75) is 12.8 Å². The highest BCUT2D eigenvalue weighted by Gasteiger charge is 2.17. The molecule has 1 aliphatic heterocycles. The van der Waals surface area contributed by atoms with Crippen LogP contribution in [-0.2, 0) is 16.0 Å². The molecule has 0 spiro atoms. The number of rotatable bonds is 5. The fraction of sp³-hybridized carbons (Fsp3) is 0.533. The van der Waals surface area contributed by atoms with Crippen molar-refractivity contribution < 1.29 is 19.0 Å². The minimum Gasteiger partial charge on any atom is -0.497 e. The average Bonchev–Trinajstić information content (AvgIpc) is 2.53. The maximum atomic E-state index is 12.1. The third-order valence-corrected chi connectivity index (χ3v) is 3.46. The minimum atomic E-state index is 0.165. The molecule has 1 aromatic rings. The molecule has 0 N–H and O–H groups in total. The van der Waals surface area contributed by atoms with Crippen LogP contribution in [0.1, 0.15) is 12.0 Å². The maximum absolute atomic E-state index is 12.1. The highest BCUT2D eigenvalue weighted by atomic mass is 16.5. The molecule has 0 bridgehead atoms. The second kappa shape index (κ2) is 7.14. The Labute approximate surface area is 119 Å². The van der Waals surface area contributed by atoms with Crippen molar-refractivity contribution in [3.63, 3.8) is 0 Å². The van der Waals surface area contributed by atoms with Gasteiger partial charge in [0.15, 0.2) is 0 Å². The second-order valence-corrected chi connectivity index (χ2v) is 4.67. The third-order valence-electron chi connectivity index (χ3n) is 3.46. The zero-order valence-corrected chi connectivity index (χ0v) is 12.1. The van der Waals surface area contributed by atoms with Crippen molar-refractivity contribution in [3.8, 4) is 11.5 Å². The molecule has 1 aliphatic rings. The van der Waals surface area contributed by atoms with E-state index < -0.39 is 0 Å². The highest BCUT2D eigenvalue weighted by molar-refractivity contribution is 5.76. The van der Waals surface area contributed by atoms with Crippen LogP contribution < -0.4 is 9.47 Å². The monoisotopic (exact) mass is 279 g/mol. The van der Waals surface area contributed by atoms with Gasteiger partial charge in [-0.2, -0.15) is 0 Å². The normalized spacial score (nSPS) is 15.0. The van der Waals surface area contributed by atoms with Crippen LogP contribution in [0.3, 0.4) is 0 Å². The van der Waals surface area contributed by atoms with Gasteiger partial charge in [0, 0.05) is 19.5 Å². The number of carbonyl (C=O) groups excluding carboxylic acids is 1. The molecule has 0 atom stereocenters. The van der Waals surface area contributed by atoms with Gasteiger partial charge in [-0.05, 0) is 30.2 Å². The Morgan fingerprint density at radius 3 is 2.65 bits per heavy atom. The van der Waals surface area contributed by atoms with E-state index in [0.717, 1.165) is 17.1 Å². The molecule has 0 radical (unpaired) electrons. The van der Waals surface area contributed by atoms with Crippen LogP contribution in [-0.4, -0.2) is 51.3 Å². The summed E-state index contributed by atoms with van der Waals surface area (Å²) in [6, 6.07) is 5.64. The molecule has 0 aromatic heterocycles. The summed E-state index contributed by atoms with van der Waals surface area (Å²) in [5, 5.41) is 0. The molecule has 2 rings (SSSR count). The van der Waals surface area contributed by atoms with E-state index in [9.17, 15) is 4.79 Å². The van der Waals surface area contributed by atoms with Gasteiger partial charge in [0.2, 0.25) is 5.91 Å². The molecular formula is C15H21NO4. The lowest BCUT2D eigenvalue weighted by atomic mass is 10.1. The number of nitrogens with zero attached hydrogens (tertiary/aromatic N) is 1. The van der Waals surface area contributed by atoms with Crippen molar-refractivity contribution in [1.29, 1.82) is 0 Å². The van der Waals surface area contributed by atoms with E-state index in [1.54, 1.807) is 14.2 Å². The van der Waals surface area contributed by atoms with Gasteiger partial charge in [-0.25, -0.2) is 0 Å². The first-order valence-corrected chi connectivity index (χ1v) is 6.81. The zero-order valence-electron chi connectivity index (χ0n) is 12.1. The Morgan fingerprint density at radius 1 is 1.25 bits per heavy atom. The maximum Gasteiger partial charge on any atom is 0.223 e. The van der Waals surface area contributed by atoms with Gasteiger partial charge in [-0.15, -0.1) is 0 Å². The molecule has 0 aliphatic carbocycles. The van der Waals surface area contributed by atoms with E-state index in [4.69, 9.17) is 14.2 Å². The molecule has 1 fully saturated rings. The smallest absolute Gasteiger partial charge is 0.223 e. The van der Waals surface area contributed by atoms with Gasteiger partial charge in [0.1, 0.15) is 11.5 Å². The number of hydrogen-bond donors (Lipinski definition) is 0. The van der Waals surface area contributed by atoms with E-state index >= 15 is 0 Å². The van der Waals surface area contributed by atoms with Gasteiger partial charge in [-0.3, -0.25) is 4.79 Å². The number of morpholine rings is 1. The van der Waals surface area contributed by atoms with Crippen molar-refractivity contribution in [2.24, 2.45) is 0 Å². The van der Waals surface area contributed by atoms with Crippen LogP contribution >= 0.6 is 0 Å². The average molecular weight is 279 g/mol. The van der Waals surface area contributed by atoms with Gasteiger partial charge in [0.05, 0.1) is 27.4 Å². The largest absolute Gasteiger partial charge is 0.497 e. The van der Waals surface area contributed by atoms with Crippen LogP contribution in [0.25, 0.3) is 0 Å². The topological polar surface area (TPSA) is 48.0 Å². The quantitative estimate of drug-likeness (QED) is 0.819. The van der Waals surface area contributed by atoms with Crippen molar-refractivity contribution in [3.05, 3.63) is 23.8 Å². The van der Waals surface area contributed by atoms with E-state index in [-0.39, 0.29) is 5.91 Å². The molecule has 5 heteroatoms. The molecule has 20 heavy (non-hydrogen) atoms. The second-order valence-electron chi connectivity index (χ2n) is 4.67. The molecule has 1 amide bonds. The fourth-order valence-corrected chi connectivity index (χ4v) is 2.29. The first-order valence-electron chi connectivity index (χ1n) is 6.81. The highest BCUT2D eigenvalue weighted by Crippen LogP contribution is 2.25. The molecule has 1 aromatic carbocycles. The zero-order chi connectivity index (χ0) is 14.4. The molecule has 0 saturated carbocycles. The first kappa shape index (κ1) is 14.7. The van der Waals surface area contributed by atoms with Crippen molar-refractivity contribution in [1.82, 2.24) is 4.90 Å².